The highest BCUT2D eigenvalue weighted by Crippen LogP contribution is 2.21. The van der Waals surface area contributed by atoms with E-state index >= 15 is 0 Å². The Hall–Kier alpha value is -0.830. The zero-order valence-corrected chi connectivity index (χ0v) is 11.0. The Balaban J connectivity index is 2.15. The van der Waals surface area contributed by atoms with Crippen LogP contribution in [0.25, 0.3) is 0 Å². The van der Waals surface area contributed by atoms with Gasteiger partial charge in [-0.15, -0.1) is 0 Å². The van der Waals surface area contributed by atoms with E-state index in [-0.39, 0.29) is 5.91 Å². The van der Waals surface area contributed by atoms with Crippen molar-refractivity contribution in [2.75, 3.05) is 11.9 Å². The van der Waals surface area contributed by atoms with Gasteiger partial charge in [-0.25, -0.2) is 0 Å². The number of hydrogen-bond acceptors (Lipinski definition) is 1. The summed E-state index contributed by atoms with van der Waals surface area (Å²) < 4.78 is 0. The average Bonchev–Trinajstić information content (AvgIpc) is 2.77. The predicted octanol–water partition coefficient (Wildman–Crippen LogP) is 2.99. The summed E-state index contributed by atoms with van der Waals surface area (Å²) in [5, 5.41) is 0.880. The van der Waals surface area contributed by atoms with Gasteiger partial charge in [0.05, 0.1) is 0 Å². The van der Waals surface area contributed by atoms with Crippen LogP contribution in [-0.4, -0.2) is 28.7 Å². The lowest BCUT2D eigenvalue weighted by molar-refractivity contribution is 0.0750. The maximum absolute atomic E-state index is 12.2. The molecule has 0 aliphatic carbocycles. The molecule has 1 aliphatic heterocycles. The van der Waals surface area contributed by atoms with Crippen LogP contribution in [0.2, 0.25) is 0 Å². The fourth-order valence-corrected chi connectivity index (χ4v) is 2.80. The van der Waals surface area contributed by atoms with Crippen LogP contribution in [-0.2, 0) is 0 Å². The molecule has 86 valence electrons. The molecule has 1 aromatic carbocycles. The van der Waals surface area contributed by atoms with Crippen molar-refractivity contribution < 1.29 is 4.79 Å². The van der Waals surface area contributed by atoms with Crippen molar-refractivity contribution in [1.29, 1.82) is 0 Å². The van der Waals surface area contributed by atoms with Crippen molar-refractivity contribution in [2.45, 2.75) is 25.8 Å². The monoisotopic (exact) mass is 281 g/mol. The molecule has 0 bridgehead atoms. The first kappa shape index (κ1) is 11.6. The Kier molecular flexibility index (Phi) is 3.64. The van der Waals surface area contributed by atoms with Gasteiger partial charge in [-0.3, -0.25) is 4.79 Å². The van der Waals surface area contributed by atoms with Crippen LogP contribution >= 0.6 is 15.9 Å². The van der Waals surface area contributed by atoms with Gasteiger partial charge in [-0.05, 0) is 31.9 Å². The zero-order valence-electron chi connectivity index (χ0n) is 9.45. The molecule has 1 fully saturated rings. The van der Waals surface area contributed by atoms with Crippen LogP contribution in [0, 0.1) is 6.92 Å². The van der Waals surface area contributed by atoms with Crippen LogP contribution < -0.4 is 0 Å². The minimum atomic E-state index is 0.168. The third-order valence-electron chi connectivity index (χ3n) is 3.11. The van der Waals surface area contributed by atoms with E-state index in [9.17, 15) is 4.79 Å². The SMILES string of the molecule is Cc1ccc(C(=O)N2CCC[C@H]2CBr)cc1. The number of hydrogen-bond donors (Lipinski definition) is 0. The van der Waals surface area contributed by atoms with Crippen LogP contribution in [0.15, 0.2) is 24.3 Å². The van der Waals surface area contributed by atoms with Crippen molar-refractivity contribution in [3.8, 4) is 0 Å². The van der Waals surface area contributed by atoms with Gasteiger partial charge in [-0.2, -0.15) is 0 Å². The van der Waals surface area contributed by atoms with E-state index in [0.29, 0.717) is 6.04 Å². The number of carbonyl (C=O) groups excluding carboxylic acids is 1. The molecule has 2 nitrogen and oxygen atoms in total. The lowest BCUT2D eigenvalue weighted by atomic mass is 10.1. The van der Waals surface area contributed by atoms with E-state index in [0.717, 1.165) is 30.3 Å². The third-order valence-corrected chi connectivity index (χ3v) is 3.86. The molecule has 16 heavy (non-hydrogen) atoms. The molecule has 0 radical (unpaired) electrons. The fraction of sp³-hybridized carbons (Fsp3) is 0.462. The molecule has 0 aromatic heterocycles. The fourth-order valence-electron chi connectivity index (χ4n) is 2.13. The third kappa shape index (κ3) is 2.29. The largest absolute Gasteiger partial charge is 0.335 e. The molecular weight excluding hydrogens is 266 g/mol. The molecule has 1 atom stereocenters. The number of aryl methyl sites for hydroxylation is 1. The molecule has 2 rings (SSSR count). The topological polar surface area (TPSA) is 20.3 Å². The summed E-state index contributed by atoms with van der Waals surface area (Å²) in [6.45, 7) is 2.92. The number of rotatable bonds is 2. The first-order chi connectivity index (χ1) is 7.72. The molecule has 1 saturated heterocycles. The van der Waals surface area contributed by atoms with Crippen LogP contribution in [0.4, 0.5) is 0 Å². The molecule has 0 spiro atoms. The van der Waals surface area contributed by atoms with Crippen molar-refractivity contribution in [3.63, 3.8) is 0 Å². The second kappa shape index (κ2) is 5.00. The molecule has 1 aliphatic rings. The Labute approximate surface area is 105 Å². The van der Waals surface area contributed by atoms with Gasteiger partial charge in [0.25, 0.3) is 5.91 Å². The van der Waals surface area contributed by atoms with E-state index < -0.39 is 0 Å². The van der Waals surface area contributed by atoms with Crippen LogP contribution in [0.3, 0.4) is 0 Å². The molecule has 1 amide bonds. The maximum Gasteiger partial charge on any atom is 0.254 e. The molecule has 0 saturated carbocycles. The van der Waals surface area contributed by atoms with Crippen molar-refractivity contribution in [3.05, 3.63) is 35.4 Å². The Bertz CT molecular complexity index is 374. The summed E-state index contributed by atoms with van der Waals surface area (Å²) >= 11 is 3.48. The summed E-state index contributed by atoms with van der Waals surface area (Å²) in [5.41, 5.74) is 1.99. The first-order valence-corrected chi connectivity index (χ1v) is 6.78. The van der Waals surface area contributed by atoms with Gasteiger partial charge < -0.3 is 4.90 Å². The highest BCUT2D eigenvalue weighted by Gasteiger charge is 2.28. The second-order valence-electron chi connectivity index (χ2n) is 4.31. The van der Waals surface area contributed by atoms with Gasteiger partial charge in [0.1, 0.15) is 0 Å². The van der Waals surface area contributed by atoms with Crippen molar-refractivity contribution >= 4 is 21.8 Å². The van der Waals surface area contributed by atoms with E-state index in [1.807, 2.05) is 36.1 Å². The summed E-state index contributed by atoms with van der Waals surface area (Å²) in [6.07, 6.45) is 2.23. The van der Waals surface area contributed by atoms with Gasteiger partial charge >= 0.3 is 0 Å². The normalized spacial score (nSPS) is 20.1. The van der Waals surface area contributed by atoms with Gasteiger partial charge in [0, 0.05) is 23.5 Å². The highest BCUT2D eigenvalue weighted by atomic mass is 79.9. The zero-order chi connectivity index (χ0) is 11.5. The van der Waals surface area contributed by atoms with Crippen LogP contribution in [0.1, 0.15) is 28.8 Å². The number of halogens is 1. The number of alkyl halides is 1. The molecule has 1 heterocycles. The van der Waals surface area contributed by atoms with E-state index in [4.69, 9.17) is 0 Å². The average molecular weight is 282 g/mol. The number of carbonyl (C=O) groups is 1. The Morgan fingerprint density at radius 3 is 2.75 bits per heavy atom. The van der Waals surface area contributed by atoms with Crippen molar-refractivity contribution in [1.82, 2.24) is 4.90 Å². The van der Waals surface area contributed by atoms with Crippen LogP contribution in [0.5, 0.6) is 0 Å². The van der Waals surface area contributed by atoms with Gasteiger partial charge in [-0.1, -0.05) is 33.6 Å². The molecule has 0 unspecified atom stereocenters. The van der Waals surface area contributed by atoms with E-state index in [1.165, 1.54) is 5.56 Å². The molecule has 1 aromatic rings. The van der Waals surface area contributed by atoms with Gasteiger partial charge in [0.2, 0.25) is 0 Å². The van der Waals surface area contributed by atoms with Crippen molar-refractivity contribution in [2.24, 2.45) is 0 Å². The second-order valence-corrected chi connectivity index (χ2v) is 4.96. The first-order valence-electron chi connectivity index (χ1n) is 5.66. The van der Waals surface area contributed by atoms with E-state index in [2.05, 4.69) is 15.9 Å². The number of amides is 1. The molecule has 3 heteroatoms. The molecule has 0 N–H and O–H groups in total. The minimum absolute atomic E-state index is 0.168. The Morgan fingerprint density at radius 2 is 2.12 bits per heavy atom. The van der Waals surface area contributed by atoms with E-state index in [1.54, 1.807) is 0 Å². The predicted molar refractivity (Wildman–Crippen MR) is 69.0 cm³/mol. The summed E-state index contributed by atoms with van der Waals surface area (Å²) in [6, 6.07) is 8.19. The van der Waals surface area contributed by atoms with Gasteiger partial charge in [0.15, 0.2) is 0 Å². The lowest BCUT2D eigenvalue weighted by Crippen LogP contribution is -2.36. The highest BCUT2D eigenvalue weighted by molar-refractivity contribution is 9.09. The lowest BCUT2D eigenvalue weighted by Gasteiger charge is -2.23. The smallest absolute Gasteiger partial charge is 0.254 e. The quantitative estimate of drug-likeness (QED) is 0.764. The maximum atomic E-state index is 12.2. The standard InChI is InChI=1S/C13H16BrNO/c1-10-4-6-11(7-5-10)13(16)15-8-2-3-12(15)9-14/h4-7,12H,2-3,8-9H2,1H3/t12-/m0/s1. The summed E-state index contributed by atoms with van der Waals surface area (Å²) in [7, 11) is 0. The number of likely N-dealkylation sites (tertiary alicyclic amines) is 1. The summed E-state index contributed by atoms with van der Waals surface area (Å²) in [4.78, 5) is 14.2. The number of nitrogens with zero attached hydrogens (tertiary/aromatic N) is 1. The minimum Gasteiger partial charge on any atom is -0.335 e. The Morgan fingerprint density at radius 1 is 1.44 bits per heavy atom. The number of benzene rings is 1. The molecular formula is C13H16BrNO. The summed E-state index contributed by atoms with van der Waals surface area (Å²) in [5.74, 6) is 0.168.